The second-order valence-corrected chi connectivity index (χ2v) is 9.46. The molecule has 2 amide bonds. The number of benzene rings is 1. The molecule has 32 heavy (non-hydrogen) atoms. The van der Waals surface area contributed by atoms with Crippen LogP contribution in [0, 0.1) is 0 Å². The molecule has 0 bridgehead atoms. The third-order valence-corrected chi connectivity index (χ3v) is 6.98. The van der Waals surface area contributed by atoms with Gasteiger partial charge in [0.15, 0.2) is 5.17 Å². The van der Waals surface area contributed by atoms with Gasteiger partial charge in [0, 0.05) is 18.0 Å². The van der Waals surface area contributed by atoms with Gasteiger partial charge in [0.1, 0.15) is 11.4 Å². The number of halogens is 1. The number of anilines is 1. The van der Waals surface area contributed by atoms with Gasteiger partial charge in [-0.1, -0.05) is 29.4 Å². The normalized spacial score (nSPS) is 19.5. The molecule has 1 N–H and O–H groups in total. The van der Waals surface area contributed by atoms with Crippen molar-refractivity contribution in [3.63, 3.8) is 0 Å². The first-order valence-electron chi connectivity index (χ1n) is 10.1. The van der Waals surface area contributed by atoms with Crippen LogP contribution in [-0.2, 0) is 14.3 Å². The summed E-state index contributed by atoms with van der Waals surface area (Å²) in [6.45, 7) is 1.24. The highest BCUT2D eigenvalue weighted by Crippen LogP contribution is 2.34. The summed E-state index contributed by atoms with van der Waals surface area (Å²) in [6, 6.07) is 8.92. The van der Waals surface area contributed by atoms with Crippen molar-refractivity contribution in [1.29, 1.82) is 0 Å². The Balaban J connectivity index is 1.51. The molecule has 2 aliphatic rings. The summed E-state index contributed by atoms with van der Waals surface area (Å²) in [4.78, 5) is 32.5. The summed E-state index contributed by atoms with van der Waals surface area (Å²) in [7, 11) is 1.53. The quantitative estimate of drug-likeness (QED) is 0.587. The van der Waals surface area contributed by atoms with Crippen LogP contribution in [0.5, 0.6) is 5.75 Å². The third kappa shape index (κ3) is 5.35. The molecule has 0 unspecified atom stereocenters. The van der Waals surface area contributed by atoms with E-state index in [-0.39, 0.29) is 23.7 Å². The number of methoxy groups -OCH3 is 1. The predicted molar refractivity (Wildman–Crippen MR) is 130 cm³/mol. The average molecular weight is 492 g/mol. The van der Waals surface area contributed by atoms with Crippen LogP contribution in [-0.4, -0.2) is 49.1 Å². The Kier molecular flexibility index (Phi) is 7.51. The molecule has 0 radical (unpaired) electrons. The Morgan fingerprint density at radius 2 is 2.34 bits per heavy atom. The van der Waals surface area contributed by atoms with Crippen molar-refractivity contribution in [3.05, 3.63) is 51.3 Å². The van der Waals surface area contributed by atoms with Gasteiger partial charge >= 0.3 is 0 Å². The highest BCUT2D eigenvalue weighted by Gasteiger charge is 2.33. The SMILES string of the molecule is COc1ccc(N2C(=O)/C(=C/c3cccs3)N=C2SCC(=O)NC[C@H]2CCCO2)cc1Cl. The second-order valence-electron chi connectivity index (χ2n) is 7.13. The summed E-state index contributed by atoms with van der Waals surface area (Å²) < 4.78 is 10.7. The maximum Gasteiger partial charge on any atom is 0.283 e. The summed E-state index contributed by atoms with van der Waals surface area (Å²) >= 11 is 9.01. The molecule has 0 spiro atoms. The minimum atomic E-state index is -0.276. The van der Waals surface area contributed by atoms with Gasteiger partial charge in [-0.2, -0.15) is 0 Å². The number of amides is 2. The van der Waals surface area contributed by atoms with E-state index in [2.05, 4.69) is 10.3 Å². The minimum Gasteiger partial charge on any atom is -0.495 e. The van der Waals surface area contributed by atoms with Crippen molar-refractivity contribution in [2.45, 2.75) is 18.9 Å². The van der Waals surface area contributed by atoms with Crippen molar-refractivity contribution in [3.8, 4) is 5.75 Å². The van der Waals surface area contributed by atoms with Gasteiger partial charge in [0.25, 0.3) is 5.91 Å². The first kappa shape index (κ1) is 22.8. The number of hydrogen-bond acceptors (Lipinski definition) is 7. The predicted octanol–water partition coefficient (Wildman–Crippen LogP) is 4.18. The largest absolute Gasteiger partial charge is 0.495 e. The lowest BCUT2D eigenvalue weighted by Gasteiger charge is -2.19. The van der Waals surface area contributed by atoms with Crippen LogP contribution < -0.4 is 15.0 Å². The van der Waals surface area contributed by atoms with Crippen molar-refractivity contribution < 1.29 is 19.1 Å². The van der Waals surface area contributed by atoms with E-state index in [4.69, 9.17) is 21.1 Å². The molecule has 168 valence electrons. The first-order valence-corrected chi connectivity index (χ1v) is 12.3. The van der Waals surface area contributed by atoms with E-state index >= 15 is 0 Å². The van der Waals surface area contributed by atoms with Crippen LogP contribution >= 0.6 is 34.7 Å². The van der Waals surface area contributed by atoms with Gasteiger partial charge in [-0.25, -0.2) is 4.99 Å². The zero-order valence-electron chi connectivity index (χ0n) is 17.4. The summed E-state index contributed by atoms with van der Waals surface area (Å²) in [5, 5.41) is 5.63. The molecule has 0 aliphatic carbocycles. The van der Waals surface area contributed by atoms with E-state index in [9.17, 15) is 9.59 Å². The number of thiophene rings is 1. The van der Waals surface area contributed by atoms with Crippen molar-refractivity contribution in [1.82, 2.24) is 5.32 Å². The maximum absolute atomic E-state index is 13.2. The summed E-state index contributed by atoms with van der Waals surface area (Å²) in [5.41, 5.74) is 0.864. The van der Waals surface area contributed by atoms with E-state index < -0.39 is 0 Å². The lowest BCUT2D eigenvalue weighted by atomic mass is 10.2. The standard InChI is InChI=1S/C22H22ClN3O4S2/c1-29-19-7-6-14(10-17(19)23)26-21(28)18(11-16-5-3-9-31-16)25-22(26)32-13-20(27)24-12-15-4-2-8-30-15/h3,5-7,9-11,15H,2,4,8,12-13H2,1H3,(H,24,27)/b18-11-/t15-/m1/s1. The van der Waals surface area contributed by atoms with Crippen LogP contribution in [0.4, 0.5) is 5.69 Å². The zero-order valence-corrected chi connectivity index (χ0v) is 19.8. The number of nitrogens with zero attached hydrogens (tertiary/aromatic N) is 2. The molecular weight excluding hydrogens is 470 g/mol. The fraction of sp³-hybridized carbons (Fsp3) is 0.318. The highest BCUT2D eigenvalue weighted by atomic mass is 35.5. The van der Waals surface area contributed by atoms with E-state index in [1.54, 1.807) is 24.3 Å². The van der Waals surface area contributed by atoms with E-state index in [1.807, 2.05) is 17.5 Å². The fourth-order valence-corrected chi connectivity index (χ4v) is 5.08. The van der Waals surface area contributed by atoms with Gasteiger partial charge in [-0.15, -0.1) is 11.3 Å². The molecule has 10 heteroatoms. The van der Waals surface area contributed by atoms with Crippen LogP contribution in [0.25, 0.3) is 6.08 Å². The lowest BCUT2D eigenvalue weighted by molar-refractivity contribution is -0.119. The van der Waals surface area contributed by atoms with Gasteiger partial charge in [0.2, 0.25) is 5.91 Å². The number of carbonyl (C=O) groups is 2. The molecule has 2 aliphatic heterocycles. The van der Waals surface area contributed by atoms with E-state index in [0.717, 1.165) is 24.3 Å². The topological polar surface area (TPSA) is 80.2 Å². The van der Waals surface area contributed by atoms with E-state index in [1.165, 1.54) is 35.1 Å². The number of carbonyl (C=O) groups excluding carboxylic acids is 2. The molecule has 0 saturated carbocycles. The number of nitrogens with one attached hydrogen (secondary N) is 1. The zero-order chi connectivity index (χ0) is 22.5. The molecule has 2 aromatic rings. The van der Waals surface area contributed by atoms with Crippen LogP contribution in [0.1, 0.15) is 17.7 Å². The van der Waals surface area contributed by atoms with Crippen molar-refractivity contribution >= 4 is 63.4 Å². The van der Waals surface area contributed by atoms with Crippen molar-refractivity contribution in [2.24, 2.45) is 4.99 Å². The number of aliphatic imine (C=N–C) groups is 1. The van der Waals surface area contributed by atoms with Crippen LogP contribution in [0.3, 0.4) is 0 Å². The molecule has 3 heterocycles. The number of hydrogen-bond donors (Lipinski definition) is 1. The first-order chi connectivity index (χ1) is 15.5. The Bertz CT molecular complexity index is 1050. The van der Waals surface area contributed by atoms with Gasteiger partial charge in [-0.05, 0) is 48.6 Å². The Hall–Kier alpha value is -2.33. The number of thioether (sulfide) groups is 1. The molecule has 1 fully saturated rings. The number of amidine groups is 1. The molecule has 1 aromatic carbocycles. The average Bonchev–Trinajstić information content (AvgIpc) is 3.54. The van der Waals surface area contributed by atoms with Crippen molar-refractivity contribution in [2.75, 3.05) is 30.9 Å². The van der Waals surface area contributed by atoms with Crippen LogP contribution in [0.15, 0.2) is 46.4 Å². The molecule has 1 saturated heterocycles. The fourth-order valence-electron chi connectivity index (χ4n) is 3.34. The summed E-state index contributed by atoms with van der Waals surface area (Å²) in [5.74, 6) is 0.230. The third-order valence-electron chi connectivity index (χ3n) is 4.93. The Morgan fingerprint density at radius 1 is 1.47 bits per heavy atom. The Morgan fingerprint density at radius 3 is 3.03 bits per heavy atom. The molecule has 1 aromatic heterocycles. The van der Waals surface area contributed by atoms with Crippen LogP contribution in [0.2, 0.25) is 5.02 Å². The number of rotatable bonds is 7. The summed E-state index contributed by atoms with van der Waals surface area (Å²) in [6.07, 6.45) is 3.80. The number of ether oxygens (including phenoxy) is 2. The van der Waals surface area contributed by atoms with Gasteiger partial charge in [0.05, 0.1) is 29.7 Å². The molecule has 7 nitrogen and oxygen atoms in total. The Labute approximate surface area is 199 Å². The maximum atomic E-state index is 13.2. The monoisotopic (exact) mass is 491 g/mol. The lowest BCUT2D eigenvalue weighted by Crippen LogP contribution is -2.35. The minimum absolute atomic E-state index is 0.0765. The molecule has 1 atom stereocenters. The smallest absolute Gasteiger partial charge is 0.283 e. The van der Waals surface area contributed by atoms with Gasteiger partial charge < -0.3 is 14.8 Å². The van der Waals surface area contributed by atoms with E-state index in [0.29, 0.717) is 33.9 Å². The highest BCUT2D eigenvalue weighted by molar-refractivity contribution is 8.14. The molecule has 4 rings (SSSR count). The molecular formula is C22H22ClN3O4S2. The second kappa shape index (κ2) is 10.5. The van der Waals surface area contributed by atoms with Gasteiger partial charge in [-0.3, -0.25) is 14.5 Å².